The molecule has 7 heteroatoms. The molecule has 0 saturated heterocycles. The number of benzene rings is 1. The summed E-state index contributed by atoms with van der Waals surface area (Å²) in [5.74, 6) is 0.907. The number of carbonyl (C=O) groups excluding carboxylic acids is 2. The largest absolute Gasteiger partial charge is 0.482 e. The van der Waals surface area contributed by atoms with E-state index >= 15 is 0 Å². The molecule has 1 aliphatic heterocycles. The molecule has 0 fully saturated rings. The van der Waals surface area contributed by atoms with Gasteiger partial charge in [0.25, 0.3) is 5.91 Å². The van der Waals surface area contributed by atoms with Gasteiger partial charge in [-0.3, -0.25) is 10.1 Å². The van der Waals surface area contributed by atoms with Crippen LogP contribution < -0.4 is 20.7 Å². The summed E-state index contributed by atoms with van der Waals surface area (Å²) in [6.45, 7) is 1.87. The Kier molecular flexibility index (Phi) is 4.09. The first-order valence-corrected chi connectivity index (χ1v) is 7.17. The van der Waals surface area contributed by atoms with Gasteiger partial charge in [0, 0.05) is 6.20 Å². The standard InChI is InChI=1S/C16H16N4O3/c1-10(18-16(22)20-14-4-2-3-7-17-14)11-5-6-13-12(8-11)19-15(21)9-23-13/h2-8,10H,9H2,1H3,(H,19,21)(H2,17,18,20,22)/t10-/m0/s1. The summed E-state index contributed by atoms with van der Waals surface area (Å²) in [7, 11) is 0. The third-order valence-electron chi connectivity index (χ3n) is 3.39. The van der Waals surface area contributed by atoms with Gasteiger partial charge in [0.15, 0.2) is 6.61 Å². The molecule has 0 radical (unpaired) electrons. The average molecular weight is 312 g/mol. The molecule has 1 aromatic heterocycles. The van der Waals surface area contributed by atoms with Crippen LogP contribution in [0, 0.1) is 0 Å². The molecule has 0 saturated carbocycles. The number of carbonyl (C=O) groups is 2. The van der Waals surface area contributed by atoms with E-state index < -0.39 is 0 Å². The predicted molar refractivity (Wildman–Crippen MR) is 85.4 cm³/mol. The van der Waals surface area contributed by atoms with Crippen molar-refractivity contribution in [1.82, 2.24) is 10.3 Å². The first-order valence-electron chi connectivity index (χ1n) is 7.17. The first-order chi connectivity index (χ1) is 11.1. The van der Waals surface area contributed by atoms with E-state index in [2.05, 4.69) is 20.9 Å². The molecule has 3 rings (SSSR count). The van der Waals surface area contributed by atoms with E-state index in [9.17, 15) is 9.59 Å². The Hall–Kier alpha value is -3.09. The van der Waals surface area contributed by atoms with E-state index in [1.54, 1.807) is 36.5 Å². The number of hydrogen-bond donors (Lipinski definition) is 3. The van der Waals surface area contributed by atoms with Gasteiger partial charge in [-0.05, 0) is 36.8 Å². The maximum Gasteiger partial charge on any atom is 0.320 e. The van der Waals surface area contributed by atoms with Gasteiger partial charge in [-0.25, -0.2) is 9.78 Å². The topological polar surface area (TPSA) is 92.4 Å². The van der Waals surface area contributed by atoms with Crippen molar-refractivity contribution in [2.24, 2.45) is 0 Å². The second-order valence-electron chi connectivity index (χ2n) is 5.13. The lowest BCUT2D eigenvalue weighted by molar-refractivity contribution is -0.118. The van der Waals surface area contributed by atoms with Crippen molar-refractivity contribution < 1.29 is 14.3 Å². The zero-order valence-electron chi connectivity index (χ0n) is 12.5. The smallest absolute Gasteiger partial charge is 0.320 e. The van der Waals surface area contributed by atoms with Gasteiger partial charge in [-0.1, -0.05) is 12.1 Å². The lowest BCUT2D eigenvalue weighted by Gasteiger charge is -2.21. The molecule has 0 unspecified atom stereocenters. The van der Waals surface area contributed by atoms with Crippen LogP contribution in [0.1, 0.15) is 18.5 Å². The number of nitrogens with zero attached hydrogens (tertiary/aromatic N) is 1. The highest BCUT2D eigenvalue weighted by atomic mass is 16.5. The zero-order valence-corrected chi connectivity index (χ0v) is 12.5. The van der Waals surface area contributed by atoms with E-state index in [4.69, 9.17) is 4.74 Å². The number of fused-ring (bicyclic) bond motifs is 1. The van der Waals surface area contributed by atoms with Gasteiger partial charge in [0.2, 0.25) is 0 Å². The normalized spacial score (nSPS) is 14.0. The molecule has 2 heterocycles. The van der Waals surface area contributed by atoms with E-state index in [1.807, 2.05) is 13.0 Å². The molecule has 7 nitrogen and oxygen atoms in total. The van der Waals surface area contributed by atoms with Crippen molar-refractivity contribution in [2.75, 3.05) is 17.2 Å². The Balaban J connectivity index is 1.66. The Morgan fingerprint density at radius 3 is 3.00 bits per heavy atom. The molecular formula is C16H16N4O3. The molecule has 0 spiro atoms. The quantitative estimate of drug-likeness (QED) is 0.811. The number of urea groups is 1. The van der Waals surface area contributed by atoms with Crippen LogP contribution in [-0.4, -0.2) is 23.5 Å². The highest BCUT2D eigenvalue weighted by Crippen LogP contribution is 2.30. The summed E-state index contributed by atoms with van der Waals surface area (Å²) in [6.07, 6.45) is 1.60. The van der Waals surface area contributed by atoms with Gasteiger partial charge in [-0.15, -0.1) is 0 Å². The SMILES string of the molecule is C[C@H](NC(=O)Nc1ccccn1)c1ccc2c(c1)NC(=O)CO2. The predicted octanol–water partition coefficient (Wildman–Crippen LogP) is 2.30. The maximum absolute atomic E-state index is 12.0. The summed E-state index contributed by atoms with van der Waals surface area (Å²) in [4.78, 5) is 27.4. The van der Waals surface area contributed by atoms with Crippen molar-refractivity contribution in [1.29, 1.82) is 0 Å². The van der Waals surface area contributed by atoms with E-state index in [0.29, 0.717) is 17.3 Å². The summed E-state index contributed by atoms with van der Waals surface area (Å²) >= 11 is 0. The Morgan fingerprint density at radius 2 is 2.22 bits per heavy atom. The minimum Gasteiger partial charge on any atom is -0.482 e. The molecular weight excluding hydrogens is 296 g/mol. The minimum absolute atomic E-state index is 0.0205. The molecule has 3 amide bonds. The number of hydrogen-bond acceptors (Lipinski definition) is 4. The molecule has 1 atom stereocenters. The van der Waals surface area contributed by atoms with Crippen LogP contribution in [-0.2, 0) is 4.79 Å². The Bertz CT molecular complexity index is 733. The monoisotopic (exact) mass is 312 g/mol. The van der Waals surface area contributed by atoms with Crippen LogP contribution in [0.15, 0.2) is 42.6 Å². The highest BCUT2D eigenvalue weighted by molar-refractivity contribution is 5.95. The third-order valence-corrected chi connectivity index (χ3v) is 3.39. The number of aromatic nitrogens is 1. The number of rotatable bonds is 3. The lowest BCUT2D eigenvalue weighted by atomic mass is 10.1. The summed E-state index contributed by atoms with van der Waals surface area (Å²) < 4.78 is 5.31. The molecule has 1 aromatic carbocycles. The molecule has 3 N–H and O–H groups in total. The van der Waals surface area contributed by atoms with Crippen molar-refractivity contribution in [3.05, 3.63) is 48.2 Å². The fourth-order valence-corrected chi connectivity index (χ4v) is 2.24. The van der Waals surface area contributed by atoms with E-state index in [0.717, 1.165) is 5.56 Å². The number of amides is 3. The third kappa shape index (κ3) is 3.57. The van der Waals surface area contributed by atoms with Crippen molar-refractivity contribution in [3.63, 3.8) is 0 Å². The summed E-state index contributed by atoms with van der Waals surface area (Å²) in [5.41, 5.74) is 1.46. The van der Waals surface area contributed by atoms with Crippen LogP contribution in [0.2, 0.25) is 0 Å². The van der Waals surface area contributed by atoms with Crippen LogP contribution in [0.4, 0.5) is 16.3 Å². The van der Waals surface area contributed by atoms with Crippen LogP contribution in [0.3, 0.4) is 0 Å². The highest BCUT2D eigenvalue weighted by Gasteiger charge is 2.18. The van der Waals surface area contributed by atoms with E-state index in [1.165, 1.54) is 0 Å². The minimum atomic E-state index is -0.353. The molecule has 23 heavy (non-hydrogen) atoms. The zero-order chi connectivity index (χ0) is 16.2. The van der Waals surface area contributed by atoms with Gasteiger partial charge < -0.3 is 15.4 Å². The van der Waals surface area contributed by atoms with Gasteiger partial charge in [0.05, 0.1) is 11.7 Å². The number of anilines is 2. The van der Waals surface area contributed by atoms with Crippen molar-refractivity contribution in [3.8, 4) is 5.75 Å². The van der Waals surface area contributed by atoms with Crippen molar-refractivity contribution >= 4 is 23.4 Å². The molecule has 1 aliphatic rings. The van der Waals surface area contributed by atoms with Crippen LogP contribution in [0.25, 0.3) is 0 Å². The number of pyridine rings is 1. The maximum atomic E-state index is 12.0. The molecule has 0 aliphatic carbocycles. The fraction of sp³-hybridized carbons (Fsp3) is 0.188. The van der Waals surface area contributed by atoms with Gasteiger partial charge >= 0.3 is 6.03 Å². The fourth-order valence-electron chi connectivity index (χ4n) is 2.24. The average Bonchev–Trinajstić information content (AvgIpc) is 2.54. The van der Waals surface area contributed by atoms with Crippen LogP contribution in [0.5, 0.6) is 5.75 Å². The van der Waals surface area contributed by atoms with Gasteiger partial charge in [-0.2, -0.15) is 0 Å². The molecule has 118 valence electrons. The summed E-state index contributed by atoms with van der Waals surface area (Å²) in [5, 5.41) is 8.22. The van der Waals surface area contributed by atoms with Gasteiger partial charge in [0.1, 0.15) is 11.6 Å². The van der Waals surface area contributed by atoms with Crippen molar-refractivity contribution in [2.45, 2.75) is 13.0 Å². The Morgan fingerprint density at radius 1 is 1.35 bits per heavy atom. The molecule has 0 bridgehead atoms. The Labute approximate surface area is 133 Å². The lowest BCUT2D eigenvalue weighted by Crippen LogP contribution is -2.31. The molecule has 2 aromatic rings. The number of nitrogens with one attached hydrogen (secondary N) is 3. The van der Waals surface area contributed by atoms with Crippen LogP contribution >= 0.6 is 0 Å². The first kappa shape index (κ1) is 14.8. The summed E-state index contributed by atoms with van der Waals surface area (Å²) in [6, 6.07) is 10.1. The second kappa shape index (κ2) is 6.35. The second-order valence-corrected chi connectivity index (χ2v) is 5.13. The van der Waals surface area contributed by atoms with E-state index in [-0.39, 0.29) is 24.6 Å². The number of ether oxygens (including phenoxy) is 1.